The average Bonchev–Trinajstić information content (AvgIpc) is 3.03. The van der Waals surface area contributed by atoms with E-state index in [1.807, 2.05) is 66.2 Å². The van der Waals surface area contributed by atoms with Crippen LogP contribution in [-0.4, -0.2) is 27.5 Å². The molecule has 6 nitrogen and oxygen atoms in total. The first-order valence-corrected chi connectivity index (χ1v) is 9.97. The molecule has 0 spiro atoms. The fraction of sp³-hybridized carbons (Fsp3) is 0.348. The molecule has 6 heteroatoms. The molecule has 152 valence electrons. The Balaban J connectivity index is 1.53. The molecular weight excluding hydrogens is 364 g/mol. The van der Waals surface area contributed by atoms with E-state index in [4.69, 9.17) is 4.74 Å². The number of hydrogen-bond donors (Lipinski definition) is 1. The van der Waals surface area contributed by atoms with Crippen LogP contribution in [0, 0.1) is 12.8 Å². The molecule has 1 N–H and O–H groups in total. The van der Waals surface area contributed by atoms with Crippen molar-refractivity contribution < 1.29 is 9.53 Å². The van der Waals surface area contributed by atoms with Crippen molar-refractivity contribution in [2.45, 2.75) is 40.2 Å². The van der Waals surface area contributed by atoms with Crippen LogP contribution >= 0.6 is 0 Å². The number of nitrogens with zero attached hydrogens (tertiary/aromatic N) is 3. The van der Waals surface area contributed by atoms with Crippen LogP contribution in [0.15, 0.2) is 54.6 Å². The lowest BCUT2D eigenvalue weighted by Crippen LogP contribution is -2.15. The summed E-state index contributed by atoms with van der Waals surface area (Å²) < 4.78 is 7.53. The molecule has 0 fully saturated rings. The van der Waals surface area contributed by atoms with Crippen molar-refractivity contribution in [3.63, 3.8) is 0 Å². The Morgan fingerprint density at radius 1 is 1.10 bits per heavy atom. The topological polar surface area (TPSA) is 69.0 Å². The van der Waals surface area contributed by atoms with E-state index in [0.717, 1.165) is 29.1 Å². The second kappa shape index (κ2) is 9.87. The standard InChI is InChI=1S/C23H28N4O2/c1-17(2)13-14-29-21-11-9-20(10-12-21)24-23(28)15-22-18(3)27(26-25-22)16-19-7-5-4-6-8-19/h4-12,17H,13-16H2,1-3H3,(H,24,28). The molecule has 0 bridgehead atoms. The molecule has 0 saturated heterocycles. The van der Waals surface area contributed by atoms with Gasteiger partial charge in [-0.15, -0.1) is 5.10 Å². The Morgan fingerprint density at radius 3 is 2.52 bits per heavy atom. The molecule has 2 aromatic carbocycles. The van der Waals surface area contributed by atoms with Gasteiger partial charge in [-0.1, -0.05) is 49.4 Å². The van der Waals surface area contributed by atoms with E-state index >= 15 is 0 Å². The fourth-order valence-electron chi connectivity index (χ4n) is 2.87. The lowest BCUT2D eigenvalue weighted by atomic mass is 10.1. The Hall–Kier alpha value is -3.15. The third-order valence-electron chi connectivity index (χ3n) is 4.68. The van der Waals surface area contributed by atoms with Gasteiger partial charge in [-0.05, 0) is 49.1 Å². The highest BCUT2D eigenvalue weighted by Crippen LogP contribution is 2.17. The zero-order valence-corrected chi connectivity index (χ0v) is 17.3. The van der Waals surface area contributed by atoms with Gasteiger partial charge in [-0.2, -0.15) is 0 Å². The molecule has 3 aromatic rings. The third-order valence-corrected chi connectivity index (χ3v) is 4.68. The van der Waals surface area contributed by atoms with E-state index in [1.54, 1.807) is 0 Å². The molecule has 0 aliphatic carbocycles. The van der Waals surface area contributed by atoms with E-state index in [2.05, 4.69) is 29.5 Å². The van der Waals surface area contributed by atoms with Crippen LogP contribution in [0.3, 0.4) is 0 Å². The molecule has 0 atom stereocenters. The first-order chi connectivity index (χ1) is 14.0. The van der Waals surface area contributed by atoms with E-state index < -0.39 is 0 Å². The number of anilines is 1. The number of benzene rings is 2. The van der Waals surface area contributed by atoms with Gasteiger partial charge in [0.25, 0.3) is 0 Å². The highest BCUT2D eigenvalue weighted by molar-refractivity contribution is 5.92. The minimum atomic E-state index is -0.117. The Kier molecular flexibility index (Phi) is 7.00. The normalized spacial score (nSPS) is 10.9. The van der Waals surface area contributed by atoms with Gasteiger partial charge in [0.1, 0.15) is 5.75 Å². The van der Waals surface area contributed by atoms with E-state index in [1.165, 1.54) is 0 Å². The van der Waals surface area contributed by atoms with Crippen LogP contribution < -0.4 is 10.1 Å². The van der Waals surface area contributed by atoms with Gasteiger partial charge in [0.05, 0.1) is 31.0 Å². The van der Waals surface area contributed by atoms with Gasteiger partial charge < -0.3 is 10.1 Å². The molecule has 0 saturated carbocycles. The average molecular weight is 393 g/mol. The molecule has 3 rings (SSSR count). The predicted molar refractivity (Wildman–Crippen MR) is 114 cm³/mol. The maximum Gasteiger partial charge on any atom is 0.230 e. The number of hydrogen-bond acceptors (Lipinski definition) is 4. The second-order valence-electron chi connectivity index (χ2n) is 7.55. The minimum Gasteiger partial charge on any atom is -0.494 e. The van der Waals surface area contributed by atoms with Gasteiger partial charge >= 0.3 is 0 Å². The smallest absolute Gasteiger partial charge is 0.230 e. The molecule has 0 radical (unpaired) electrons. The summed E-state index contributed by atoms with van der Waals surface area (Å²) in [5.74, 6) is 1.30. The molecule has 1 amide bonds. The van der Waals surface area contributed by atoms with E-state index in [9.17, 15) is 4.79 Å². The number of aromatic nitrogens is 3. The summed E-state index contributed by atoms with van der Waals surface area (Å²) in [5.41, 5.74) is 3.47. The van der Waals surface area contributed by atoms with E-state index in [0.29, 0.717) is 24.8 Å². The highest BCUT2D eigenvalue weighted by Gasteiger charge is 2.13. The molecule has 0 aliphatic rings. The molecule has 29 heavy (non-hydrogen) atoms. The molecular formula is C23H28N4O2. The maximum atomic E-state index is 12.4. The van der Waals surface area contributed by atoms with Crippen molar-refractivity contribution in [3.8, 4) is 5.75 Å². The number of amides is 1. The number of nitrogens with one attached hydrogen (secondary N) is 1. The van der Waals surface area contributed by atoms with Gasteiger partial charge in [-0.3, -0.25) is 4.79 Å². The summed E-state index contributed by atoms with van der Waals surface area (Å²) in [6.07, 6.45) is 1.20. The van der Waals surface area contributed by atoms with E-state index in [-0.39, 0.29) is 12.3 Å². The van der Waals surface area contributed by atoms with Gasteiger partial charge in [0.15, 0.2) is 0 Å². The van der Waals surface area contributed by atoms with Crippen LogP contribution in [-0.2, 0) is 17.8 Å². The monoisotopic (exact) mass is 392 g/mol. The predicted octanol–water partition coefficient (Wildman–Crippen LogP) is 4.24. The van der Waals surface area contributed by atoms with Gasteiger partial charge in [0.2, 0.25) is 5.91 Å². The second-order valence-corrected chi connectivity index (χ2v) is 7.55. The molecule has 1 heterocycles. The number of rotatable bonds is 9. The lowest BCUT2D eigenvalue weighted by molar-refractivity contribution is -0.115. The minimum absolute atomic E-state index is 0.117. The number of carbonyl (C=O) groups excluding carboxylic acids is 1. The van der Waals surface area contributed by atoms with Crippen LogP contribution in [0.25, 0.3) is 0 Å². The Bertz CT molecular complexity index is 918. The summed E-state index contributed by atoms with van der Waals surface area (Å²) in [4.78, 5) is 12.4. The summed E-state index contributed by atoms with van der Waals surface area (Å²) in [7, 11) is 0. The van der Waals surface area contributed by atoms with Crippen molar-refractivity contribution >= 4 is 11.6 Å². The Labute approximate surface area is 171 Å². The molecule has 0 aliphatic heterocycles. The SMILES string of the molecule is Cc1c(CC(=O)Nc2ccc(OCCC(C)C)cc2)nnn1Cc1ccccc1. The summed E-state index contributed by atoms with van der Waals surface area (Å²) in [6.45, 7) is 7.61. The Morgan fingerprint density at radius 2 is 1.83 bits per heavy atom. The van der Waals surface area contributed by atoms with Gasteiger partial charge in [-0.25, -0.2) is 4.68 Å². The summed E-state index contributed by atoms with van der Waals surface area (Å²) >= 11 is 0. The fourth-order valence-corrected chi connectivity index (χ4v) is 2.87. The quantitative estimate of drug-likeness (QED) is 0.591. The molecule has 0 unspecified atom stereocenters. The zero-order chi connectivity index (χ0) is 20.6. The van der Waals surface area contributed by atoms with Crippen molar-refractivity contribution in [1.82, 2.24) is 15.0 Å². The van der Waals surface area contributed by atoms with Crippen molar-refractivity contribution in [3.05, 3.63) is 71.5 Å². The first kappa shape index (κ1) is 20.6. The van der Waals surface area contributed by atoms with Crippen molar-refractivity contribution in [1.29, 1.82) is 0 Å². The third kappa shape index (κ3) is 6.17. The van der Waals surface area contributed by atoms with Crippen molar-refractivity contribution in [2.75, 3.05) is 11.9 Å². The van der Waals surface area contributed by atoms with Crippen LogP contribution in [0.4, 0.5) is 5.69 Å². The largest absolute Gasteiger partial charge is 0.494 e. The lowest BCUT2D eigenvalue weighted by Gasteiger charge is -2.09. The van der Waals surface area contributed by atoms with Crippen LogP contribution in [0.5, 0.6) is 5.75 Å². The first-order valence-electron chi connectivity index (χ1n) is 9.97. The van der Waals surface area contributed by atoms with Crippen molar-refractivity contribution in [2.24, 2.45) is 5.92 Å². The summed E-state index contributed by atoms with van der Waals surface area (Å²) in [6, 6.07) is 17.5. The number of carbonyl (C=O) groups is 1. The zero-order valence-electron chi connectivity index (χ0n) is 17.3. The number of ether oxygens (including phenoxy) is 1. The van der Waals surface area contributed by atoms with Gasteiger partial charge in [0, 0.05) is 5.69 Å². The summed E-state index contributed by atoms with van der Waals surface area (Å²) in [5, 5.41) is 11.3. The maximum absolute atomic E-state index is 12.4. The highest BCUT2D eigenvalue weighted by atomic mass is 16.5. The van der Waals surface area contributed by atoms with Crippen LogP contribution in [0.1, 0.15) is 37.2 Å². The molecule has 1 aromatic heterocycles. The van der Waals surface area contributed by atoms with Crippen LogP contribution in [0.2, 0.25) is 0 Å².